The number of nitrogens with one attached hydrogen (secondary N) is 2. The Morgan fingerprint density at radius 3 is 3.06 bits per heavy atom. The van der Waals surface area contributed by atoms with Crippen LogP contribution in [0.15, 0.2) is 40.5 Å². The molecule has 0 unspecified atom stereocenters. The predicted molar refractivity (Wildman–Crippen MR) is 63.8 cm³/mol. The summed E-state index contributed by atoms with van der Waals surface area (Å²) in [4.78, 5) is 11.4. The van der Waals surface area contributed by atoms with Crippen LogP contribution in [0, 0.1) is 0 Å². The van der Waals surface area contributed by atoms with Crippen LogP contribution in [0.2, 0.25) is 0 Å². The largest absolute Gasteiger partial charge is 0.472 e. The number of carbonyl (C=O) groups is 1. The third-order valence-electron chi connectivity index (χ3n) is 2.04. The highest BCUT2D eigenvalue weighted by molar-refractivity contribution is 7.14. The van der Waals surface area contributed by atoms with E-state index in [9.17, 15) is 4.79 Å². The summed E-state index contributed by atoms with van der Waals surface area (Å²) in [6, 6.07) is 5.47. The van der Waals surface area contributed by atoms with E-state index in [1.165, 1.54) is 11.3 Å². The van der Waals surface area contributed by atoms with Crippen molar-refractivity contribution in [1.82, 2.24) is 5.32 Å². The molecular formula is C11H12N2O2S. The van der Waals surface area contributed by atoms with Crippen LogP contribution in [0.25, 0.3) is 0 Å². The van der Waals surface area contributed by atoms with Crippen molar-refractivity contribution in [1.29, 1.82) is 0 Å². The second kappa shape index (κ2) is 5.37. The summed E-state index contributed by atoms with van der Waals surface area (Å²) in [6.07, 6.45) is 4.08. The van der Waals surface area contributed by atoms with E-state index < -0.39 is 0 Å². The molecule has 4 nitrogen and oxygen atoms in total. The van der Waals surface area contributed by atoms with Crippen LogP contribution in [0.4, 0.5) is 9.80 Å². The third-order valence-corrected chi connectivity index (χ3v) is 2.82. The van der Waals surface area contributed by atoms with Crippen LogP contribution in [0.5, 0.6) is 0 Å². The van der Waals surface area contributed by atoms with Gasteiger partial charge in [-0.25, -0.2) is 4.79 Å². The monoisotopic (exact) mass is 236 g/mol. The summed E-state index contributed by atoms with van der Waals surface area (Å²) in [5.74, 6) is 0. The van der Waals surface area contributed by atoms with E-state index in [4.69, 9.17) is 4.42 Å². The maximum atomic E-state index is 11.4. The second-order valence-electron chi connectivity index (χ2n) is 3.24. The van der Waals surface area contributed by atoms with Gasteiger partial charge in [0.2, 0.25) is 0 Å². The fraction of sp³-hybridized carbons (Fsp3) is 0.182. The summed E-state index contributed by atoms with van der Waals surface area (Å²) < 4.78 is 4.93. The van der Waals surface area contributed by atoms with Gasteiger partial charge in [0.05, 0.1) is 17.5 Å². The van der Waals surface area contributed by atoms with Crippen molar-refractivity contribution in [3.63, 3.8) is 0 Å². The zero-order valence-corrected chi connectivity index (χ0v) is 9.42. The van der Waals surface area contributed by atoms with Crippen LogP contribution in [0.3, 0.4) is 0 Å². The summed E-state index contributed by atoms with van der Waals surface area (Å²) in [7, 11) is 0. The number of urea groups is 1. The number of rotatable bonds is 4. The van der Waals surface area contributed by atoms with Gasteiger partial charge in [0.1, 0.15) is 0 Å². The van der Waals surface area contributed by atoms with Gasteiger partial charge in [-0.05, 0) is 35.6 Å². The first-order valence-corrected chi connectivity index (χ1v) is 5.82. The molecular weight excluding hydrogens is 224 g/mol. The molecule has 2 amide bonds. The van der Waals surface area contributed by atoms with E-state index >= 15 is 0 Å². The lowest BCUT2D eigenvalue weighted by atomic mass is 10.2. The maximum absolute atomic E-state index is 11.4. The lowest BCUT2D eigenvalue weighted by molar-refractivity contribution is 0.252. The maximum Gasteiger partial charge on any atom is 0.319 e. The van der Waals surface area contributed by atoms with E-state index in [0.29, 0.717) is 6.54 Å². The SMILES string of the molecule is O=C(NCCc1ccoc1)Nc1cccs1. The lowest BCUT2D eigenvalue weighted by Gasteiger charge is -2.04. The Hall–Kier alpha value is -1.75. The summed E-state index contributed by atoms with van der Waals surface area (Å²) in [5.41, 5.74) is 1.08. The molecule has 0 saturated carbocycles. The van der Waals surface area contributed by atoms with E-state index in [-0.39, 0.29) is 6.03 Å². The molecule has 5 heteroatoms. The standard InChI is InChI=1S/C11H12N2O2S/c14-11(13-10-2-1-7-16-10)12-5-3-9-4-6-15-8-9/h1-2,4,6-8H,3,5H2,(H2,12,13,14). The minimum absolute atomic E-state index is 0.175. The van der Waals surface area contributed by atoms with E-state index in [2.05, 4.69) is 10.6 Å². The molecule has 0 saturated heterocycles. The van der Waals surface area contributed by atoms with Gasteiger partial charge in [-0.1, -0.05) is 0 Å². The Kier molecular flexibility index (Phi) is 3.61. The number of carbonyl (C=O) groups excluding carboxylic acids is 1. The number of furan rings is 1. The molecule has 2 heterocycles. The Bertz CT molecular complexity index is 423. The van der Waals surface area contributed by atoms with Gasteiger partial charge in [-0.15, -0.1) is 11.3 Å². The van der Waals surface area contributed by atoms with Gasteiger partial charge in [-0.2, -0.15) is 0 Å². The molecule has 0 spiro atoms. The molecule has 2 aromatic rings. The Morgan fingerprint density at radius 1 is 1.44 bits per heavy atom. The topological polar surface area (TPSA) is 54.3 Å². The van der Waals surface area contributed by atoms with E-state index in [0.717, 1.165) is 17.0 Å². The van der Waals surface area contributed by atoms with Gasteiger partial charge in [-0.3, -0.25) is 5.32 Å². The molecule has 84 valence electrons. The molecule has 0 fully saturated rings. The molecule has 2 N–H and O–H groups in total. The number of hydrogen-bond donors (Lipinski definition) is 2. The molecule has 0 bridgehead atoms. The van der Waals surface area contributed by atoms with Gasteiger partial charge in [0.15, 0.2) is 0 Å². The third kappa shape index (κ3) is 3.13. The zero-order valence-electron chi connectivity index (χ0n) is 8.60. The van der Waals surface area contributed by atoms with Crippen molar-refractivity contribution >= 4 is 22.4 Å². The molecule has 0 aromatic carbocycles. The number of hydrogen-bond acceptors (Lipinski definition) is 3. The van der Waals surface area contributed by atoms with Crippen molar-refractivity contribution in [2.24, 2.45) is 0 Å². The van der Waals surface area contributed by atoms with Gasteiger partial charge in [0, 0.05) is 6.54 Å². The average Bonchev–Trinajstić information content (AvgIpc) is 2.90. The van der Waals surface area contributed by atoms with Gasteiger partial charge < -0.3 is 9.73 Å². The van der Waals surface area contributed by atoms with Crippen LogP contribution in [-0.2, 0) is 6.42 Å². The molecule has 16 heavy (non-hydrogen) atoms. The molecule has 0 aliphatic rings. The first-order chi connectivity index (χ1) is 7.84. The second-order valence-corrected chi connectivity index (χ2v) is 4.19. The first kappa shape index (κ1) is 10.8. The molecule has 0 aliphatic carbocycles. The minimum atomic E-state index is -0.175. The average molecular weight is 236 g/mol. The molecule has 0 atom stereocenters. The summed E-state index contributed by atoms with van der Waals surface area (Å²) >= 11 is 1.50. The van der Waals surface area contributed by atoms with Crippen LogP contribution >= 0.6 is 11.3 Å². The fourth-order valence-electron chi connectivity index (χ4n) is 1.26. The van der Waals surface area contributed by atoms with Crippen molar-refractivity contribution in [3.05, 3.63) is 41.7 Å². The van der Waals surface area contributed by atoms with Crippen LogP contribution in [0.1, 0.15) is 5.56 Å². The van der Waals surface area contributed by atoms with Crippen LogP contribution < -0.4 is 10.6 Å². The van der Waals surface area contributed by atoms with E-state index in [1.807, 2.05) is 23.6 Å². The summed E-state index contributed by atoms with van der Waals surface area (Å²) in [6.45, 7) is 0.594. The number of anilines is 1. The normalized spacial score (nSPS) is 10.0. The Balaban J connectivity index is 1.68. The molecule has 0 aliphatic heterocycles. The molecule has 2 rings (SSSR count). The Labute approximate surface area is 97.3 Å². The fourth-order valence-corrected chi connectivity index (χ4v) is 1.87. The van der Waals surface area contributed by atoms with Crippen molar-refractivity contribution < 1.29 is 9.21 Å². The van der Waals surface area contributed by atoms with Crippen molar-refractivity contribution in [3.8, 4) is 0 Å². The molecule has 0 radical (unpaired) electrons. The predicted octanol–water partition coefficient (Wildman–Crippen LogP) is 2.71. The highest BCUT2D eigenvalue weighted by atomic mass is 32.1. The number of amides is 2. The lowest BCUT2D eigenvalue weighted by Crippen LogP contribution is -2.30. The van der Waals surface area contributed by atoms with Gasteiger partial charge >= 0.3 is 6.03 Å². The van der Waals surface area contributed by atoms with Crippen molar-refractivity contribution in [2.45, 2.75) is 6.42 Å². The smallest absolute Gasteiger partial charge is 0.319 e. The highest BCUT2D eigenvalue weighted by Gasteiger charge is 2.01. The van der Waals surface area contributed by atoms with Gasteiger partial charge in [0.25, 0.3) is 0 Å². The first-order valence-electron chi connectivity index (χ1n) is 4.94. The Morgan fingerprint density at radius 2 is 2.38 bits per heavy atom. The summed E-state index contributed by atoms with van der Waals surface area (Å²) in [5, 5.41) is 8.29. The van der Waals surface area contributed by atoms with Crippen molar-refractivity contribution in [2.75, 3.05) is 11.9 Å². The van der Waals surface area contributed by atoms with Crippen LogP contribution in [-0.4, -0.2) is 12.6 Å². The highest BCUT2D eigenvalue weighted by Crippen LogP contribution is 2.14. The van der Waals surface area contributed by atoms with E-state index in [1.54, 1.807) is 12.5 Å². The quantitative estimate of drug-likeness (QED) is 0.857. The zero-order chi connectivity index (χ0) is 11.2. The minimum Gasteiger partial charge on any atom is -0.472 e. The molecule has 2 aromatic heterocycles. The number of thiophene rings is 1.